The normalized spacial score (nSPS) is 11.1. The number of hydrogen-bond donors (Lipinski definition) is 0. The Morgan fingerprint density at radius 3 is 2.65 bits per heavy atom. The highest BCUT2D eigenvalue weighted by atomic mass is 79.9. The van der Waals surface area contributed by atoms with Gasteiger partial charge in [0.15, 0.2) is 5.75 Å². The first-order chi connectivity index (χ1) is 7.89. The number of pyridine rings is 1. The minimum atomic E-state index is -4.76. The number of rotatable bonds is 3. The molecule has 0 amide bonds. The first kappa shape index (κ1) is 13.8. The fraction of sp³-hybridized carbons (Fsp3) is 0.400. The van der Waals surface area contributed by atoms with E-state index in [9.17, 15) is 13.2 Å². The predicted molar refractivity (Wildman–Crippen MR) is 57.6 cm³/mol. The summed E-state index contributed by atoms with van der Waals surface area (Å²) in [5.41, 5.74) is 1.29. The molecule has 0 fully saturated rings. The molecule has 0 saturated heterocycles. The third kappa shape index (κ3) is 3.60. The molecular weight excluding hydrogens is 301 g/mol. The molecule has 92 valence electrons. The van der Waals surface area contributed by atoms with Crippen LogP contribution in [0.25, 0.3) is 0 Å². The van der Waals surface area contributed by atoms with E-state index in [0.717, 1.165) is 6.20 Å². The van der Waals surface area contributed by atoms with Crippen LogP contribution in [0, 0.1) is 18.3 Å². The van der Waals surface area contributed by atoms with E-state index in [2.05, 4.69) is 25.7 Å². The first-order valence-electron chi connectivity index (χ1n) is 4.55. The van der Waals surface area contributed by atoms with Gasteiger partial charge in [-0.05, 0) is 18.1 Å². The molecule has 0 unspecified atom stereocenters. The monoisotopic (exact) mass is 308 g/mol. The van der Waals surface area contributed by atoms with E-state index in [1.165, 1.54) is 6.92 Å². The van der Waals surface area contributed by atoms with E-state index in [-0.39, 0.29) is 17.7 Å². The Morgan fingerprint density at radius 1 is 1.53 bits per heavy atom. The van der Waals surface area contributed by atoms with Gasteiger partial charge < -0.3 is 4.74 Å². The second-order valence-electron chi connectivity index (χ2n) is 3.19. The average Bonchev–Trinajstić information content (AvgIpc) is 2.23. The van der Waals surface area contributed by atoms with E-state index in [1.807, 2.05) is 6.07 Å². The molecular formula is C10H8BrF3N2O. The standard InChI is InChI=1S/C10H8BrF3N2O/c1-6-7(2-3-15)8(4-11)16-5-9(6)17-10(12,13)14/h5H,2,4H2,1H3. The van der Waals surface area contributed by atoms with Crippen molar-refractivity contribution in [2.75, 3.05) is 0 Å². The summed E-state index contributed by atoms with van der Waals surface area (Å²) >= 11 is 3.16. The van der Waals surface area contributed by atoms with Crippen LogP contribution in [0.5, 0.6) is 5.75 Å². The molecule has 0 atom stereocenters. The van der Waals surface area contributed by atoms with Gasteiger partial charge in [-0.25, -0.2) is 0 Å². The molecule has 0 aliphatic rings. The topological polar surface area (TPSA) is 45.9 Å². The minimum Gasteiger partial charge on any atom is -0.404 e. The molecule has 1 aromatic heterocycles. The molecule has 1 heterocycles. The lowest BCUT2D eigenvalue weighted by Crippen LogP contribution is -2.18. The second-order valence-corrected chi connectivity index (χ2v) is 3.75. The SMILES string of the molecule is Cc1c(OC(F)(F)F)cnc(CBr)c1CC#N. The van der Waals surface area contributed by atoms with Gasteiger partial charge in [-0.2, -0.15) is 5.26 Å². The molecule has 0 N–H and O–H groups in total. The summed E-state index contributed by atoms with van der Waals surface area (Å²) in [7, 11) is 0. The summed E-state index contributed by atoms with van der Waals surface area (Å²) < 4.78 is 40.1. The molecule has 0 radical (unpaired) electrons. The van der Waals surface area contributed by atoms with E-state index < -0.39 is 6.36 Å². The Morgan fingerprint density at radius 2 is 2.18 bits per heavy atom. The van der Waals surface area contributed by atoms with Crippen molar-refractivity contribution in [3.8, 4) is 11.8 Å². The van der Waals surface area contributed by atoms with Crippen molar-refractivity contribution in [1.29, 1.82) is 5.26 Å². The molecule has 3 nitrogen and oxygen atoms in total. The summed E-state index contributed by atoms with van der Waals surface area (Å²) in [4.78, 5) is 3.84. The summed E-state index contributed by atoms with van der Waals surface area (Å²) in [6.45, 7) is 1.47. The van der Waals surface area contributed by atoms with Crippen LogP contribution in [0.15, 0.2) is 6.20 Å². The Bertz CT molecular complexity index is 454. The van der Waals surface area contributed by atoms with Crippen molar-refractivity contribution in [2.24, 2.45) is 0 Å². The number of halogens is 4. The summed E-state index contributed by atoms with van der Waals surface area (Å²) in [5, 5.41) is 9.00. The van der Waals surface area contributed by atoms with Gasteiger partial charge in [0, 0.05) is 5.33 Å². The molecule has 0 aliphatic heterocycles. The van der Waals surface area contributed by atoms with Crippen LogP contribution in [-0.2, 0) is 11.8 Å². The third-order valence-corrected chi connectivity index (χ3v) is 2.65. The fourth-order valence-corrected chi connectivity index (χ4v) is 1.82. The van der Waals surface area contributed by atoms with Crippen molar-refractivity contribution in [2.45, 2.75) is 25.0 Å². The van der Waals surface area contributed by atoms with Gasteiger partial charge in [0.1, 0.15) is 0 Å². The number of nitriles is 1. The highest BCUT2D eigenvalue weighted by Gasteiger charge is 2.32. The van der Waals surface area contributed by atoms with Crippen LogP contribution in [0.4, 0.5) is 13.2 Å². The molecule has 0 aromatic carbocycles. The van der Waals surface area contributed by atoms with Gasteiger partial charge in [-0.1, -0.05) is 15.9 Å². The van der Waals surface area contributed by atoms with Gasteiger partial charge >= 0.3 is 6.36 Å². The van der Waals surface area contributed by atoms with Crippen LogP contribution in [-0.4, -0.2) is 11.3 Å². The van der Waals surface area contributed by atoms with Crippen LogP contribution in [0.2, 0.25) is 0 Å². The fourth-order valence-electron chi connectivity index (χ4n) is 1.33. The Hall–Kier alpha value is -1.29. The van der Waals surface area contributed by atoms with E-state index in [4.69, 9.17) is 5.26 Å². The van der Waals surface area contributed by atoms with Gasteiger partial charge in [0.25, 0.3) is 0 Å². The van der Waals surface area contributed by atoms with E-state index >= 15 is 0 Å². The lowest BCUT2D eigenvalue weighted by Gasteiger charge is -2.14. The molecule has 17 heavy (non-hydrogen) atoms. The number of hydrogen-bond acceptors (Lipinski definition) is 3. The van der Waals surface area contributed by atoms with Crippen molar-refractivity contribution in [3.63, 3.8) is 0 Å². The van der Waals surface area contributed by atoms with Gasteiger partial charge in [0.05, 0.1) is 24.4 Å². The third-order valence-electron chi connectivity index (χ3n) is 2.12. The largest absolute Gasteiger partial charge is 0.573 e. The minimum absolute atomic E-state index is 0.00514. The molecule has 1 rings (SSSR count). The highest BCUT2D eigenvalue weighted by Crippen LogP contribution is 2.29. The maximum Gasteiger partial charge on any atom is 0.573 e. The van der Waals surface area contributed by atoms with E-state index in [1.54, 1.807) is 0 Å². The van der Waals surface area contributed by atoms with Gasteiger partial charge in [-0.3, -0.25) is 4.98 Å². The van der Waals surface area contributed by atoms with Crippen molar-refractivity contribution < 1.29 is 17.9 Å². The average molecular weight is 309 g/mol. The van der Waals surface area contributed by atoms with Crippen molar-refractivity contribution in [1.82, 2.24) is 4.98 Å². The quantitative estimate of drug-likeness (QED) is 0.805. The predicted octanol–water partition coefficient (Wildman–Crippen LogP) is 3.25. The smallest absolute Gasteiger partial charge is 0.404 e. The molecule has 0 spiro atoms. The molecule has 7 heteroatoms. The van der Waals surface area contributed by atoms with Crippen LogP contribution < -0.4 is 4.74 Å². The Kier molecular flexibility index (Phi) is 4.34. The maximum atomic E-state index is 12.1. The zero-order valence-corrected chi connectivity index (χ0v) is 10.4. The van der Waals surface area contributed by atoms with Gasteiger partial charge in [0.2, 0.25) is 0 Å². The number of ether oxygens (including phenoxy) is 1. The summed E-state index contributed by atoms with van der Waals surface area (Å²) in [5.74, 6) is -0.368. The lowest BCUT2D eigenvalue weighted by molar-refractivity contribution is -0.275. The second kappa shape index (κ2) is 5.36. The lowest BCUT2D eigenvalue weighted by atomic mass is 10.1. The van der Waals surface area contributed by atoms with Gasteiger partial charge in [-0.15, -0.1) is 13.2 Å². The first-order valence-corrected chi connectivity index (χ1v) is 5.67. The zero-order chi connectivity index (χ0) is 13.1. The number of aromatic nitrogens is 1. The number of nitrogens with zero attached hydrogens (tertiary/aromatic N) is 2. The maximum absolute atomic E-state index is 12.1. The Labute approximate surface area is 104 Å². The van der Waals surface area contributed by atoms with Crippen LogP contribution >= 0.6 is 15.9 Å². The van der Waals surface area contributed by atoms with Crippen molar-refractivity contribution >= 4 is 15.9 Å². The van der Waals surface area contributed by atoms with Crippen LogP contribution in [0.1, 0.15) is 16.8 Å². The zero-order valence-electron chi connectivity index (χ0n) is 8.81. The molecule has 1 aromatic rings. The van der Waals surface area contributed by atoms with Crippen LogP contribution in [0.3, 0.4) is 0 Å². The van der Waals surface area contributed by atoms with Crippen molar-refractivity contribution in [3.05, 3.63) is 23.0 Å². The number of alkyl halides is 4. The molecule has 0 saturated carbocycles. The Balaban J connectivity index is 3.19. The summed E-state index contributed by atoms with van der Waals surface area (Å²) in [6, 6.07) is 1.89. The molecule has 0 aliphatic carbocycles. The molecule has 0 bridgehead atoms. The van der Waals surface area contributed by atoms with E-state index in [0.29, 0.717) is 16.6 Å². The summed E-state index contributed by atoms with van der Waals surface area (Å²) in [6.07, 6.45) is -3.75. The highest BCUT2D eigenvalue weighted by molar-refractivity contribution is 9.08.